The van der Waals surface area contributed by atoms with Crippen LogP contribution in [-0.2, 0) is 6.42 Å². The number of anilines is 1. The van der Waals surface area contributed by atoms with E-state index in [0.717, 1.165) is 11.1 Å². The molecule has 1 aromatic heterocycles. The van der Waals surface area contributed by atoms with Crippen molar-refractivity contribution in [3.05, 3.63) is 49.0 Å². The van der Waals surface area contributed by atoms with Gasteiger partial charge in [-0.05, 0) is 6.21 Å². The highest BCUT2D eigenvalue weighted by Gasteiger charge is 2.05. The quantitative estimate of drug-likeness (QED) is 0.617. The minimum atomic E-state index is 0.394. The van der Waals surface area contributed by atoms with Gasteiger partial charge in [0.25, 0.3) is 0 Å². The summed E-state index contributed by atoms with van der Waals surface area (Å²) >= 11 is 0. The van der Waals surface area contributed by atoms with E-state index in [4.69, 9.17) is 11.1 Å². The summed E-state index contributed by atoms with van der Waals surface area (Å²) in [4.78, 5) is 8.32. The minimum absolute atomic E-state index is 0.394. The Kier molecular flexibility index (Phi) is 7.77. The van der Waals surface area contributed by atoms with Crippen molar-refractivity contribution in [2.24, 2.45) is 0 Å². The Bertz CT molecular complexity index is 447. The molecule has 0 radical (unpaired) electrons. The van der Waals surface area contributed by atoms with Crippen LogP contribution in [0.4, 0.5) is 5.82 Å². The average molecular weight is 244 g/mol. The fraction of sp³-hybridized carbons (Fsp3) is 0.214. The van der Waals surface area contributed by atoms with Gasteiger partial charge in [0.05, 0.1) is 0 Å². The molecule has 1 rings (SSSR count). The number of nitrogens with two attached hydrogens (primary N) is 1. The highest BCUT2D eigenvalue weighted by molar-refractivity contribution is 5.71. The van der Waals surface area contributed by atoms with Crippen LogP contribution in [0.3, 0.4) is 0 Å². The van der Waals surface area contributed by atoms with Gasteiger partial charge < -0.3 is 11.1 Å². The molecule has 0 aliphatic carbocycles. The maximum Gasteiger partial charge on any atom is 0.161 e. The molecule has 1 heterocycles. The third kappa shape index (κ3) is 4.33. The summed E-state index contributed by atoms with van der Waals surface area (Å²) in [7, 11) is 0. The molecular weight excluding hydrogens is 224 g/mol. The number of nitrogens with one attached hydrogen (secondary N) is 1. The number of nitrogen functional groups attached to an aromatic ring is 1. The topological polar surface area (TPSA) is 75.7 Å². The molecule has 3 N–H and O–H groups in total. The first-order valence-corrected chi connectivity index (χ1v) is 5.78. The molecule has 0 unspecified atom stereocenters. The van der Waals surface area contributed by atoms with Crippen LogP contribution in [0.1, 0.15) is 25.2 Å². The van der Waals surface area contributed by atoms with E-state index in [0.29, 0.717) is 18.1 Å². The van der Waals surface area contributed by atoms with Crippen molar-refractivity contribution in [3.63, 3.8) is 0 Å². The molecule has 96 valence electrons. The maximum absolute atomic E-state index is 7.00. The molecule has 1 aromatic rings. The second-order valence-corrected chi connectivity index (χ2v) is 3.07. The van der Waals surface area contributed by atoms with Crippen molar-refractivity contribution in [2.45, 2.75) is 20.3 Å². The van der Waals surface area contributed by atoms with Gasteiger partial charge in [-0.3, -0.25) is 0 Å². The number of aromatic nitrogens is 2. The molecule has 0 spiro atoms. The van der Waals surface area contributed by atoms with Crippen LogP contribution in [0.5, 0.6) is 0 Å². The molecule has 18 heavy (non-hydrogen) atoms. The van der Waals surface area contributed by atoms with E-state index in [9.17, 15) is 0 Å². The second kappa shape index (κ2) is 8.87. The summed E-state index contributed by atoms with van der Waals surface area (Å²) in [5.41, 5.74) is 7.27. The summed E-state index contributed by atoms with van der Waals surface area (Å²) in [6, 6.07) is 0. The van der Waals surface area contributed by atoms with E-state index in [1.54, 1.807) is 24.4 Å². The van der Waals surface area contributed by atoms with Crippen LogP contribution in [0.25, 0.3) is 5.57 Å². The molecule has 0 aliphatic rings. The zero-order chi connectivity index (χ0) is 14.0. The molecule has 0 saturated carbocycles. The lowest BCUT2D eigenvalue weighted by Crippen LogP contribution is -2.03. The van der Waals surface area contributed by atoms with E-state index in [-0.39, 0.29) is 0 Å². The van der Waals surface area contributed by atoms with Crippen LogP contribution < -0.4 is 5.73 Å². The molecule has 0 atom stereocenters. The standard InChI is InChI=1S/C12H14N4.C2H6/c1-3-5-9(4-2)12-15-8-10(6-7-13)11(14)16-12;1-2/h3-5,7-8,13H,1-2,6H2,(H2,14,15,16);1-2H3/b9-5+,13-7?;. The zero-order valence-corrected chi connectivity index (χ0v) is 11.0. The third-order valence-electron chi connectivity index (χ3n) is 2.00. The van der Waals surface area contributed by atoms with Crippen molar-refractivity contribution in [3.8, 4) is 0 Å². The lowest BCUT2D eigenvalue weighted by molar-refractivity contribution is 1.09. The van der Waals surface area contributed by atoms with Gasteiger partial charge >= 0.3 is 0 Å². The molecule has 4 heteroatoms. The van der Waals surface area contributed by atoms with Gasteiger partial charge in [0.1, 0.15) is 5.82 Å². The largest absolute Gasteiger partial charge is 0.383 e. The van der Waals surface area contributed by atoms with Crippen molar-refractivity contribution in [1.82, 2.24) is 9.97 Å². The van der Waals surface area contributed by atoms with E-state index in [1.807, 2.05) is 13.8 Å². The van der Waals surface area contributed by atoms with Gasteiger partial charge in [-0.15, -0.1) is 0 Å². The molecule has 0 saturated heterocycles. The predicted molar refractivity (Wildman–Crippen MR) is 78.7 cm³/mol. The first-order valence-electron chi connectivity index (χ1n) is 5.78. The van der Waals surface area contributed by atoms with Crippen molar-refractivity contribution >= 4 is 17.6 Å². The molecule has 0 fully saturated rings. The molecule has 0 aromatic carbocycles. The highest BCUT2D eigenvalue weighted by atomic mass is 14.9. The van der Waals surface area contributed by atoms with Crippen LogP contribution in [0.15, 0.2) is 37.6 Å². The zero-order valence-electron chi connectivity index (χ0n) is 11.0. The fourth-order valence-corrected chi connectivity index (χ4v) is 1.19. The second-order valence-electron chi connectivity index (χ2n) is 3.07. The number of allylic oxidation sites excluding steroid dienone is 4. The van der Waals surface area contributed by atoms with Gasteiger partial charge in [-0.2, -0.15) is 0 Å². The summed E-state index contributed by atoms with van der Waals surface area (Å²) in [6.45, 7) is 11.3. The molecule has 0 aliphatic heterocycles. The normalized spacial score (nSPS) is 10.0. The summed E-state index contributed by atoms with van der Waals surface area (Å²) in [5.74, 6) is 0.909. The van der Waals surface area contributed by atoms with Crippen LogP contribution in [0, 0.1) is 5.41 Å². The Morgan fingerprint density at radius 2 is 2.11 bits per heavy atom. The Hall–Kier alpha value is -2.23. The lowest BCUT2D eigenvalue weighted by Gasteiger charge is -2.04. The van der Waals surface area contributed by atoms with Crippen LogP contribution in [0.2, 0.25) is 0 Å². The SMILES string of the molecule is C=C/C=C(\C=C)c1ncc(CC=N)c(N)n1.CC. The summed E-state index contributed by atoms with van der Waals surface area (Å²) in [5, 5.41) is 7.00. The van der Waals surface area contributed by atoms with Crippen LogP contribution >= 0.6 is 0 Å². The molecular formula is C14H20N4. The number of nitrogens with zero attached hydrogens (tertiary/aromatic N) is 2. The first kappa shape index (κ1) is 15.8. The third-order valence-corrected chi connectivity index (χ3v) is 2.00. The fourth-order valence-electron chi connectivity index (χ4n) is 1.19. The monoisotopic (exact) mass is 244 g/mol. The van der Waals surface area contributed by atoms with E-state index >= 15 is 0 Å². The first-order chi connectivity index (χ1) is 8.72. The van der Waals surface area contributed by atoms with E-state index < -0.39 is 0 Å². The summed E-state index contributed by atoms with van der Waals surface area (Å²) < 4.78 is 0. The van der Waals surface area contributed by atoms with Crippen molar-refractivity contribution in [2.75, 3.05) is 5.73 Å². The van der Waals surface area contributed by atoms with Gasteiger partial charge in [-0.25, -0.2) is 9.97 Å². The van der Waals surface area contributed by atoms with Crippen LogP contribution in [-0.4, -0.2) is 16.2 Å². The maximum atomic E-state index is 7.00. The Balaban J connectivity index is 0.00000137. The van der Waals surface area contributed by atoms with Gasteiger partial charge in [0, 0.05) is 23.8 Å². The van der Waals surface area contributed by atoms with Crippen molar-refractivity contribution in [1.29, 1.82) is 5.41 Å². The van der Waals surface area contributed by atoms with Crippen molar-refractivity contribution < 1.29 is 0 Å². The Labute approximate surface area is 108 Å². The van der Waals surface area contributed by atoms with Gasteiger partial charge in [0.15, 0.2) is 5.82 Å². The number of hydrogen-bond acceptors (Lipinski definition) is 4. The number of rotatable bonds is 5. The Morgan fingerprint density at radius 3 is 2.56 bits per heavy atom. The average Bonchev–Trinajstić information content (AvgIpc) is 2.41. The number of hydrogen-bond donors (Lipinski definition) is 2. The predicted octanol–water partition coefficient (Wildman–Crippen LogP) is 3.03. The highest BCUT2D eigenvalue weighted by Crippen LogP contribution is 2.14. The molecule has 0 bridgehead atoms. The van der Waals surface area contributed by atoms with E-state index in [2.05, 4.69) is 23.1 Å². The van der Waals surface area contributed by atoms with Gasteiger partial charge in [-0.1, -0.05) is 45.2 Å². The van der Waals surface area contributed by atoms with E-state index in [1.165, 1.54) is 6.21 Å². The van der Waals surface area contributed by atoms with Gasteiger partial charge in [0.2, 0.25) is 0 Å². The Morgan fingerprint density at radius 1 is 1.44 bits per heavy atom. The summed E-state index contributed by atoms with van der Waals surface area (Å²) in [6.07, 6.45) is 8.39. The minimum Gasteiger partial charge on any atom is -0.383 e. The molecule has 4 nitrogen and oxygen atoms in total. The lowest BCUT2D eigenvalue weighted by atomic mass is 10.2. The smallest absolute Gasteiger partial charge is 0.161 e. The molecule has 0 amide bonds.